The number of hydrogen-bond donors (Lipinski definition) is 0. The smallest absolute Gasteiger partial charge is 0.416 e. The molecule has 0 spiro atoms. The van der Waals surface area contributed by atoms with Crippen molar-refractivity contribution in [3.63, 3.8) is 0 Å². The molecular weight excluding hydrogens is 601 g/mol. The van der Waals surface area contributed by atoms with Gasteiger partial charge in [-0.1, -0.05) is 24.0 Å². The standard InChI is InChI=1S/C19H11Br2F3N2O4S2/c1-2-25-17(27)15(32-18(25)31)7-9-5-11(20)16(12(21)6-9)30-14-4-3-10(19(22,23)24)8-13(14)26(28)29/h3-8H,2H2,1H3/b15-7+. The molecule has 0 aliphatic carbocycles. The third kappa shape index (κ3) is 5.16. The van der Waals surface area contributed by atoms with Gasteiger partial charge in [0, 0.05) is 12.6 Å². The Balaban J connectivity index is 1.95. The van der Waals surface area contributed by atoms with E-state index in [1.807, 2.05) is 6.92 Å². The van der Waals surface area contributed by atoms with Crippen LogP contribution in [0.15, 0.2) is 44.2 Å². The van der Waals surface area contributed by atoms with Crippen molar-refractivity contribution in [2.45, 2.75) is 13.1 Å². The highest BCUT2D eigenvalue weighted by Crippen LogP contribution is 2.43. The van der Waals surface area contributed by atoms with Gasteiger partial charge in [0.25, 0.3) is 5.91 Å². The fourth-order valence-corrected chi connectivity index (χ4v) is 5.48. The molecule has 2 aromatic rings. The number of ether oxygens (including phenoxy) is 1. The molecule has 0 bridgehead atoms. The van der Waals surface area contributed by atoms with E-state index in [9.17, 15) is 28.1 Å². The van der Waals surface area contributed by atoms with Gasteiger partial charge in [-0.2, -0.15) is 13.2 Å². The van der Waals surface area contributed by atoms with E-state index >= 15 is 0 Å². The van der Waals surface area contributed by atoms with Crippen molar-refractivity contribution in [3.05, 3.63) is 65.4 Å². The Labute approximate surface area is 206 Å². The number of benzene rings is 2. The summed E-state index contributed by atoms with van der Waals surface area (Å²) >= 11 is 13.0. The summed E-state index contributed by atoms with van der Waals surface area (Å²) < 4.78 is 45.5. The Morgan fingerprint density at radius 1 is 1.25 bits per heavy atom. The van der Waals surface area contributed by atoms with Gasteiger partial charge < -0.3 is 4.74 Å². The number of halogens is 5. The van der Waals surface area contributed by atoms with Gasteiger partial charge in [-0.15, -0.1) is 0 Å². The molecule has 1 heterocycles. The molecule has 0 aromatic heterocycles. The van der Waals surface area contributed by atoms with Crippen molar-refractivity contribution in [3.8, 4) is 11.5 Å². The zero-order valence-electron chi connectivity index (χ0n) is 15.9. The summed E-state index contributed by atoms with van der Waals surface area (Å²) in [4.78, 5) is 24.6. The quantitative estimate of drug-likeness (QED) is 0.155. The lowest BCUT2D eigenvalue weighted by atomic mass is 10.1. The van der Waals surface area contributed by atoms with Crippen LogP contribution < -0.4 is 4.74 Å². The topological polar surface area (TPSA) is 72.7 Å². The lowest BCUT2D eigenvalue weighted by molar-refractivity contribution is -0.385. The molecule has 1 amide bonds. The summed E-state index contributed by atoms with van der Waals surface area (Å²) in [7, 11) is 0. The number of alkyl halides is 3. The Kier molecular flexibility index (Phi) is 7.32. The summed E-state index contributed by atoms with van der Waals surface area (Å²) in [6.07, 6.45) is -3.10. The first-order valence-corrected chi connectivity index (χ1v) is 11.5. The van der Waals surface area contributed by atoms with E-state index in [1.165, 1.54) is 16.7 Å². The van der Waals surface area contributed by atoms with Crippen LogP contribution in [0.5, 0.6) is 11.5 Å². The Bertz CT molecular complexity index is 1150. The van der Waals surface area contributed by atoms with E-state index in [1.54, 1.807) is 18.2 Å². The summed E-state index contributed by atoms with van der Waals surface area (Å²) in [5.74, 6) is -0.456. The van der Waals surface area contributed by atoms with Crippen LogP contribution in [0.3, 0.4) is 0 Å². The minimum absolute atomic E-state index is 0.117. The maximum absolute atomic E-state index is 12.9. The summed E-state index contributed by atoms with van der Waals surface area (Å²) in [6, 6.07) is 5.22. The Hall–Kier alpha value is -1.96. The van der Waals surface area contributed by atoms with Crippen molar-refractivity contribution >= 4 is 77.8 Å². The van der Waals surface area contributed by atoms with E-state index in [-0.39, 0.29) is 17.4 Å². The van der Waals surface area contributed by atoms with Crippen molar-refractivity contribution in [2.75, 3.05) is 6.54 Å². The molecule has 0 unspecified atom stereocenters. The van der Waals surface area contributed by atoms with E-state index in [0.29, 0.717) is 42.4 Å². The molecule has 1 aliphatic heterocycles. The van der Waals surface area contributed by atoms with Gasteiger partial charge >= 0.3 is 11.9 Å². The van der Waals surface area contributed by atoms with Crippen molar-refractivity contribution < 1.29 is 27.6 Å². The molecule has 0 radical (unpaired) electrons. The van der Waals surface area contributed by atoms with E-state index in [0.717, 1.165) is 6.07 Å². The highest BCUT2D eigenvalue weighted by atomic mass is 79.9. The zero-order valence-corrected chi connectivity index (χ0v) is 20.7. The molecule has 0 atom stereocenters. The monoisotopic (exact) mass is 610 g/mol. The average Bonchev–Trinajstić information content (AvgIpc) is 2.96. The van der Waals surface area contributed by atoms with E-state index in [2.05, 4.69) is 31.9 Å². The maximum atomic E-state index is 12.9. The minimum atomic E-state index is -4.73. The van der Waals surface area contributed by atoms with Gasteiger partial charge in [-0.3, -0.25) is 19.8 Å². The van der Waals surface area contributed by atoms with Gasteiger partial charge in [-0.25, -0.2) is 0 Å². The van der Waals surface area contributed by atoms with Gasteiger partial charge in [0.2, 0.25) is 5.75 Å². The predicted octanol–water partition coefficient (Wildman–Crippen LogP) is 7.15. The highest BCUT2D eigenvalue weighted by molar-refractivity contribution is 9.11. The molecule has 1 fully saturated rings. The van der Waals surface area contributed by atoms with Crippen molar-refractivity contribution in [1.29, 1.82) is 0 Å². The first-order chi connectivity index (χ1) is 14.9. The number of nitrogens with zero attached hydrogens (tertiary/aromatic N) is 2. The van der Waals surface area contributed by atoms with Crippen LogP contribution in [0.4, 0.5) is 18.9 Å². The fourth-order valence-electron chi connectivity index (χ4n) is 2.72. The lowest BCUT2D eigenvalue weighted by Crippen LogP contribution is -2.27. The van der Waals surface area contributed by atoms with Gasteiger partial charge in [0.15, 0.2) is 5.75 Å². The second-order valence-electron chi connectivity index (χ2n) is 6.28. The molecule has 168 valence electrons. The third-order valence-corrected chi connectivity index (χ3v) is 6.76. The molecule has 3 rings (SSSR count). The average molecular weight is 612 g/mol. The first-order valence-electron chi connectivity index (χ1n) is 8.70. The van der Waals surface area contributed by atoms with Gasteiger partial charge in [0.05, 0.1) is 24.3 Å². The van der Waals surface area contributed by atoms with Crippen LogP contribution >= 0.6 is 55.8 Å². The van der Waals surface area contributed by atoms with Crippen LogP contribution in [-0.2, 0) is 11.0 Å². The number of amides is 1. The van der Waals surface area contributed by atoms with Gasteiger partial charge in [0.1, 0.15) is 4.32 Å². The molecule has 0 N–H and O–H groups in total. The fraction of sp³-hybridized carbons (Fsp3) is 0.158. The molecular formula is C19H11Br2F3N2O4S2. The molecule has 1 saturated heterocycles. The number of carbonyl (C=O) groups excluding carboxylic acids is 1. The number of thioether (sulfide) groups is 1. The number of carbonyl (C=O) groups is 1. The number of rotatable bonds is 5. The molecule has 13 heteroatoms. The normalized spacial score (nSPS) is 15.6. The van der Waals surface area contributed by atoms with Crippen LogP contribution in [0.2, 0.25) is 0 Å². The van der Waals surface area contributed by atoms with E-state index in [4.69, 9.17) is 17.0 Å². The SMILES string of the molecule is CCN1C(=O)/C(=C\c2cc(Br)c(Oc3ccc(C(F)(F)F)cc3[N+](=O)[O-])c(Br)c2)SC1=S. The Morgan fingerprint density at radius 2 is 1.88 bits per heavy atom. The highest BCUT2D eigenvalue weighted by Gasteiger charge is 2.34. The molecule has 6 nitrogen and oxygen atoms in total. The lowest BCUT2D eigenvalue weighted by Gasteiger charge is -2.13. The van der Waals surface area contributed by atoms with Crippen molar-refractivity contribution in [1.82, 2.24) is 4.90 Å². The number of hydrogen-bond acceptors (Lipinski definition) is 6. The van der Waals surface area contributed by atoms with Crippen LogP contribution in [-0.4, -0.2) is 26.6 Å². The second-order valence-corrected chi connectivity index (χ2v) is 9.66. The van der Waals surface area contributed by atoms with Crippen LogP contribution in [0, 0.1) is 10.1 Å². The van der Waals surface area contributed by atoms with Gasteiger partial charge in [-0.05, 0) is 74.7 Å². The summed E-state index contributed by atoms with van der Waals surface area (Å²) in [5, 5.41) is 11.3. The Morgan fingerprint density at radius 3 is 2.38 bits per heavy atom. The molecule has 0 saturated carbocycles. The predicted molar refractivity (Wildman–Crippen MR) is 126 cm³/mol. The summed E-state index contributed by atoms with van der Waals surface area (Å²) in [6.45, 7) is 2.27. The largest absolute Gasteiger partial charge is 0.448 e. The maximum Gasteiger partial charge on any atom is 0.416 e. The minimum Gasteiger partial charge on any atom is -0.448 e. The summed E-state index contributed by atoms with van der Waals surface area (Å²) in [5.41, 5.74) is -1.38. The zero-order chi connectivity index (χ0) is 23.8. The van der Waals surface area contributed by atoms with Crippen molar-refractivity contribution in [2.24, 2.45) is 0 Å². The number of nitro benzene ring substituents is 1. The van der Waals surface area contributed by atoms with E-state index < -0.39 is 22.4 Å². The molecule has 2 aromatic carbocycles. The third-order valence-electron chi connectivity index (χ3n) is 4.20. The number of nitro groups is 1. The van der Waals surface area contributed by atoms with Crippen LogP contribution in [0.25, 0.3) is 6.08 Å². The molecule has 32 heavy (non-hydrogen) atoms. The second kappa shape index (κ2) is 9.49. The molecule has 1 aliphatic rings. The van der Waals surface area contributed by atoms with Crippen LogP contribution in [0.1, 0.15) is 18.1 Å². The first kappa shape index (κ1) is 24.7. The number of thiocarbonyl (C=S) groups is 1. The number of likely N-dealkylation sites (N-methyl/N-ethyl adjacent to an activating group) is 1.